The first-order valence-corrected chi connectivity index (χ1v) is 9.52. The maximum atomic E-state index is 14.0. The van der Waals surface area contributed by atoms with Gasteiger partial charge in [0.15, 0.2) is 0 Å². The molecule has 1 spiro atoms. The van der Waals surface area contributed by atoms with E-state index in [-0.39, 0.29) is 17.2 Å². The average Bonchev–Trinajstić information content (AvgIpc) is 3.28. The SMILES string of the molecule is Fc1cccc(-c2cnc3n2CC2(CCN(Cc4ccccc4F)C2)OC3)c1. The highest BCUT2D eigenvalue weighted by molar-refractivity contribution is 5.59. The van der Waals surface area contributed by atoms with Crippen LogP contribution in [0.25, 0.3) is 11.3 Å². The predicted molar refractivity (Wildman–Crippen MR) is 101 cm³/mol. The number of likely N-dealkylation sites (tertiary alicyclic amines) is 1. The molecule has 2 aliphatic heterocycles. The molecule has 6 heteroatoms. The molecule has 28 heavy (non-hydrogen) atoms. The van der Waals surface area contributed by atoms with Crippen molar-refractivity contribution in [2.75, 3.05) is 13.1 Å². The number of nitrogens with zero attached hydrogens (tertiary/aromatic N) is 3. The fraction of sp³-hybridized carbons (Fsp3) is 0.318. The van der Waals surface area contributed by atoms with Gasteiger partial charge in [0.1, 0.15) is 29.7 Å². The number of hydrogen-bond donors (Lipinski definition) is 0. The Balaban J connectivity index is 1.37. The van der Waals surface area contributed by atoms with E-state index in [4.69, 9.17) is 4.74 Å². The highest BCUT2D eigenvalue weighted by Gasteiger charge is 2.43. The van der Waals surface area contributed by atoms with Crippen molar-refractivity contribution in [1.82, 2.24) is 14.5 Å². The third-order valence-corrected chi connectivity index (χ3v) is 5.76. The van der Waals surface area contributed by atoms with Crippen LogP contribution < -0.4 is 0 Å². The molecule has 2 aliphatic rings. The van der Waals surface area contributed by atoms with Gasteiger partial charge in [0, 0.05) is 30.8 Å². The lowest BCUT2D eigenvalue weighted by molar-refractivity contribution is -0.0821. The molecule has 5 rings (SSSR count). The van der Waals surface area contributed by atoms with Crippen molar-refractivity contribution in [3.05, 3.63) is 77.8 Å². The van der Waals surface area contributed by atoms with E-state index in [1.807, 2.05) is 18.2 Å². The van der Waals surface area contributed by atoms with Crippen molar-refractivity contribution in [2.45, 2.75) is 31.7 Å². The molecular weight excluding hydrogens is 360 g/mol. The van der Waals surface area contributed by atoms with Crippen LogP contribution in [0, 0.1) is 11.6 Å². The summed E-state index contributed by atoms with van der Waals surface area (Å²) >= 11 is 0. The van der Waals surface area contributed by atoms with Gasteiger partial charge in [0.2, 0.25) is 0 Å². The molecule has 3 heterocycles. The minimum Gasteiger partial charge on any atom is -0.364 e. The second-order valence-corrected chi connectivity index (χ2v) is 7.68. The summed E-state index contributed by atoms with van der Waals surface area (Å²) in [6, 6.07) is 13.5. The number of fused-ring (bicyclic) bond motifs is 1. The number of rotatable bonds is 3. The number of hydrogen-bond acceptors (Lipinski definition) is 3. The quantitative estimate of drug-likeness (QED) is 0.687. The standard InChI is InChI=1S/C22H21F2N3O/c23-18-6-3-5-16(10-18)20-11-25-21-13-28-22(15-27(20)21)8-9-26(14-22)12-17-4-1-2-7-19(17)24/h1-7,10-11H,8-9,12-15H2. The number of halogens is 2. The van der Waals surface area contributed by atoms with E-state index in [0.29, 0.717) is 25.3 Å². The third-order valence-electron chi connectivity index (χ3n) is 5.76. The maximum Gasteiger partial charge on any atom is 0.135 e. The van der Waals surface area contributed by atoms with Crippen LogP contribution in [-0.2, 0) is 24.4 Å². The Labute approximate surface area is 162 Å². The lowest BCUT2D eigenvalue weighted by atomic mass is 10.0. The van der Waals surface area contributed by atoms with Gasteiger partial charge in [-0.15, -0.1) is 0 Å². The molecule has 2 aromatic carbocycles. The smallest absolute Gasteiger partial charge is 0.135 e. The molecular formula is C22H21F2N3O. The molecule has 0 radical (unpaired) electrons. The molecule has 0 N–H and O–H groups in total. The normalized spacial score (nSPS) is 21.9. The van der Waals surface area contributed by atoms with E-state index in [1.165, 1.54) is 18.2 Å². The molecule has 1 saturated heterocycles. The monoisotopic (exact) mass is 381 g/mol. The second kappa shape index (κ2) is 6.79. The zero-order valence-electron chi connectivity index (χ0n) is 15.4. The van der Waals surface area contributed by atoms with Crippen LogP contribution in [-0.4, -0.2) is 33.1 Å². The van der Waals surface area contributed by atoms with E-state index in [9.17, 15) is 8.78 Å². The highest BCUT2D eigenvalue weighted by atomic mass is 19.1. The average molecular weight is 381 g/mol. The number of aromatic nitrogens is 2. The van der Waals surface area contributed by atoms with Crippen molar-refractivity contribution in [3.8, 4) is 11.3 Å². The third kappa shape index (κ3) is 3.12. The van der Waals surface area contributed by atoms with Crippen LogP contribution in [0.5, 0.6) is 0 Å². The Morgan fingerprint density at radius 2 is 1.96 bits per heavy atom. The lowest BCUT2D eigenvalue weighted by Gasteiger charge is -2.35. The van der Waals surface area contributed by atoms with Crippen molar-refractivity contribution < 1.29 is 13.5 Å². The van der Waals surface area contributed by atoms with Gasteiger partial charge < -0.3 is 9.30 Å². The molecule has 0 bridgehead atoms. The van der Waals surface area contributed by atoms with E-state index in [1.54, 1.807) is 18.3 Å². The Morgan fingerprint density at radius 1 is 1.07 bits per heavy atom. The molecule has 1 unspecified atom stereocenters. The van der Waals surface area contributed by atoms with Gasteiger partial charge in [0.25, 0.3) is 0 Å². The van der Waals surface area contributed by atoms with Gasteiger partial charge in [-0.1, -0.05) is 30.3 Å². The van der Waals surface area contributed by atoms with E-state index >= 15 is 0 Å². The van der Waals surface area contributed by atoms with Gasteiger partial charge >= 0.3 is 0 Å². The number of benzene rings is 2. The summed E-state index contributed by atoms with van der Waals surface area (Å²) in [4.78, 5) is 6.71. The maximum absolute atomic E-state index is 14.0. The summed E-state index contributed by atoms with van der Waals surface area (Å²) in [6.45, 7) is 3.27. The Hall–Kier alpha value is -2.57. The minimum absolute atomic E-state index is 0.168. The molecule has 0 amide bonds. The Kier molecular flexibility index (Phi) is 4.25. The summed E-state index contributed by atoms with van der Waals surface area (Å²) < 4.78 is 36.1. The van der Waals surface area contributed by atoms with Gasteiger partial charge in [-0.05, 0) is 24.6 Å². The summed E-state index contributed by atoms with van der Waals surface area (Å²) in [5.74, 6) is 0.433. The summed E-state index contributed by atoms with van der Waals surface area (Å²) in [6.07, 6.45) is 2.67. The van der Waals surface area contributed by atoms with Crippen molar-refractivity contribution in [1.29, 1.82) is 0 Å². The zero-order chi connectivity index (χ0) is 19.1. The predicted octanol–water partition coefficient (Wildman–Crippen LogP) is 4.00. The number of ether oxygens (including phenoxy) is 1. The molecule has 1 fully saturated rings. The minimum atomic E-state index is -0.318. The second-order valence-electron chi connectivity index (χ2n) is 7.68. The molecule has 3 aromatic rings. The van der Waals surface area contributed by atoms with Crippen LogP contribution in [0.1, 0.15) is 17.8 Å². The van der Waals surface area contributed by atoms with Gasteiger partial charge in [-0.2, -0.15) is 0 Å². The van der Waals surface area contributed by atoms with Gasteiger partial charge in [-0.3, -0.25) is 4.90 Å². The first-order valence-electron chi connectivity index (χ1n) is 9.52. The van der Waals surface area contributed by atoms with E-state index in [2.05, 4.69) is 14.5 Å². The van der Waals surface area contributed by atoms with E-state index in [0.717, 1.165) is 36.6 Å². The van der Waals surface area contributed by atoms with Crippen molar-refractivity contribution in [2.24, 2.45) is 0 Å². The van der Waals surface area contributed by atoms with Gasteiger partial charge in [-0.25, -0.2) is 13.8 Å². The topological polar surface area (TPSA) is 30.3 Å². The summed E-state index contributed by atoms with van der Waals surface area (Å²) in [5, 5.41) is 0. The van der Waals surface area contributed by atoms with Gasteiger partial charge in [0.05, 0.1) is 18.4 Å². The highest BCUT2D eigenvalue weighted by Crippen LogP contribution is 2.35. The zero-order valence-corrected chi connectivity index (χ0v) is 15.4. The van der Waals surface area contributed by atoms with Crippen LogP contribution in [0.4, 0.5) is 8.78 Å². The molecule has 0 aliphatic carbocycles. The first kappa shape index (κ1) is 17.5. The van der Waals surface area contributed by atoms with Crippen molar-refractivity contribution >= 4 is 0 Å². The molecule has 1 atom stereocenters. The molecule has 0 saturated carbocycles. The van der Waals surface area contributed by atoms with Crippen LogP contribution >= 0.6 is 0 Å². The van der Waals surface area contributed by atoms with Crippen LogP contribution in [0.3, 0.4) is 0 Å². The van der Waals surface area contributed by atoms with Crippen LogP contribution in [0.2, 0.25) is 0 Å². The fourth-order valence-electron chi connectivity index (χ4n) is 4.31. The van der Waals surface area contributed by atoms with Crippen molar-refractivity contribution in [3.63, 3.8) is 0 Å². The molecule has 4 nitrogen and oxygen atoms in total. The largest absolute Gasteiger partial charge is 0.364 e. The lowest BCUT2D eigenvalue weighted by Crippen LogP contribution is -2.44. The molecule has 1 aromatic heterocycles. The van der Waals surface area contributed by atoms with Crippen LogP contribution in [0.15, 0.2) is 54.7 Å². The van der Waals surface area contributed by atoms with E-state index < -0.39 is 0 Å². The Bertz CT molecular complexity index is 1020. The molecule has 144 valence electrons. The summed E-state index contributed by atoms with van der Waals surface area (Å²) in [7, 11) is 0. The first-order chi connectivity index (χ1) is 13.6. The summed E-state index contributed by atoms with van der Waals surface area (Å²) in [5.41, 5.74) is 2.11. The number of imidazole rings is 1. The Morgan fingerprint density at radius 3 is 2.82 bits per heavy atom. The fourth-order valence-corrected chi connectivity index (χ4v) is 4.31.